The van der Waals surface area contributed by atoms with Crippen molar-refractivity contribution >= 4 is 11.7 Å². The number of pyridine rings is 2. The van der Waals surface area contributed by atoms with Gasteiger partial charge in [-0.1, -0.05) is 6.92 Å². The molecule has 0 radical (unpaired) electrons. The molecule has 0 spiro atoms. The monoisotopic (exact) mass is 464 g/mol. The maximum Gasteiger partial charge on any atom is 0.319 e. The Kier molecular flexibility index (Phi) is 7.07. The van der Waals surface area contributed by atoms with E-state index in [1.807, 2.05) is 18.2 Å². The number of hydrogen-bond donors (Lipinski definition) is 3. The summed E-state index contributed by atoms with van der Waals surface area (Å²) in [5, 5.41) is 14.6. The number of amides is 2. The molecule has 1 aliphatic rings. The summed E-state index contributed by atoms with van der Waals surface area (Å²) in [6, 6.07) is 9.86. The Hall–Kier alpha value is -3.52. The van der Waals surface area contributed by atoms with Crippen molar-refractivity contribution in [1.29, 1.82) is 0 Å². The van der Waals surface area contributed by atoms with Crippen LogP contribution in [0, 0.1) is 18.2 Å². The first-order valence-corrected chi connectivity index (χ1v) is 11.4. The zero-order chi connectivity index (χ0) is 24.1. The number of urea groups is 1. The van der Waals surface area contributed by atoms with Crippen molar-refractivity contribution < 1.29 is 19.0 Å². The highest BCUT2D eigenvalue weighted by Gasteiger charge is 2.36. The highest BCUT2D eigenvalue weighted by molar-refractivity contribution is 5.90. The van der Waals surface area contributed by atoms with E-state index in [1.54, 1.807) is 31.5 Å². The number of aromatic nitrogens is 2. The molecule has 0 unspecified atom stereocenters. The van der Waals surface area contributed by atoms with Crippen molar-refractivity contribution in [2.24, 2.45) is 5.41 Å². The minimum atomic E-state index is -0.509. The van der Waals surface area contributed by atoms with Gasteiger partial charge in [0.2, 0.25) is 5.88 Å². The van der Waals surface area contributed by atoms with Crippen molar-refractivity contribution in [3.63, 3.8) is 0 Å². The van der Waals surface area contributed by atoms with Gasteiger partial charge in [-0.25, -0.2) is 14.2 Å². The molecule has 1 aliphatic carbocycles. The first-order chi connectivity index (χ1) is 16.4. The number of carbonyl (C=O) groups excluding carboxylic acids is 1. The number of halogens is 1. The largest absolute Gasteiger partial charge is 0.475 e. The molecule has 3 N–H and O–H groups in total. The summed E-state index contributed by atoms with van der Waals surface area (Å²) < 4.78 is 20.3. The van der Waals surface area contributed by atoms with E-state index >= 15 is 0 Å². The lowest BCUT2D eigenvalue weighted by atomic mass is 9.98. The number of carbonyl (C=O) groups is 1. The molecular weight excluding hydrogens is 435 g/mol. The fourth-order valence-corrected chi connectivity index (χ4v) is 3.74. The Morgan fingerprint density at radius 2 is 1.94 bits per heavy atom. The van der Waals surface area contributed by atoms with Gasteiger partial charge in [0.05, 0.1) is 18.0 Å². The van der Waals surface area contributed by atoms with Crippen LogP contribution in [-0.4, -0.2) is 40.9 Å². The number of ether oxygens (including phenoxy) is 1. The first kappa shape index (κ1) is 23.6. The summed E-state index contributed by atoms with van der Waals surface area (Å²) in [5.74, 6) is -0.173. The van der Waals surface area contributed by atoms with Crippen molar-refractivity contribution in [3.05, 3.63) is 60.2 Å². The summed E-state index contributed by atoms with van der Waals surface area (Å²) in [7, 11) is 0. The average molecular weight is 465 g/mol. The minimum Gasteiger partial charge on any atom is -0.475 e. The van der Waals surface area contributed by atoms with E-state index in [0.717, 1.165) is 23.1 Å². The molecule has 4 rings (SSSR count). The number of hydrogen-bond acceptors (Lipinski definition) is 5. The van der Waals surface area contributed by atoms with Crippen LogP contribution in [0.15, 0.2) is 48.8 Å². The second-order valence-electron chi connectivity index (χ2n) is 8.98. The van der Waals surface area contributed by atoms with Crippen LogP contribution in [0.5, 0.6) is 5.88 Å². The number of benzene rings is 1. The molecule has 0 bridgehead atoms. The SMILES string of the molecule is Cc1cc(F)c(NC(=O)NCCC2(C)CC2)cc1-c1cc(OCCO)nc(-c2ccncc2)c1. The van der Waals surface area contributed by atoms with Gasteiger partial charge in [0, 0.05) is 30.6 Å². The number of aliphatic hydroxyl groups is 1. The van der Waals surface area contributed by atoms with Gasteiger partial charge in [-0.05, 0) is 78.6 Å². The van der Waals surface area contributed by atoms with Crippen LogP contribution in [0.4, 0.5) is 14.9 Å². The van der Waals surface area contributed by atoms with E-state index in [9.17, 15) is 9.18 Å². The predicted octanol–water partition coefficient (Wildman–Crippen LogP) is 4.94. The van der Waals surface area contributed by atoms with Crippen LogP contribution in [0.2, 0.25) is 0 Å². The molecule has 2 heterocycles. The topological polar surface area (TPSA) is 96.4 Å². The molecule has 8 heteroatoms. The van der Waals surface area contributed by atoms with Crippen molar-refractivity contribution in [2.45, 2.75) is 33.1 Å². The maximum atomic E-state index is 14.7. The Labute approximate surface area is 198 Å². The van der Waals surface area contributed by atoms with E-state index < -0.39 is 11.8 Å². The Morgan fingerprint density at radius 3 is 2.65 bits per heavy atom. The zero-order valence-electron chi connectivity index (χ0n) is 19.4. The first-order valence-electron chi connectivity index (χ1n) is 11.4. The molecule has 3 aromatic rings. The summed E-state index contributed by atoms with van der Waals surface area (Å²) in [6.45, 7) is 4.51. The molecule has 178 valence electrons. The van der Waals surface area contributed by atoms with Crippen molar-refractivity contribution in [3.8, 4) is 28.3 Å². The lowest BCUT2D eigenvalue weighted by Gasteiger charge is -2.15. The van der Waals surface area contributed by atoms with Gasteiger partial charge in [-0.3, -0.25) is 4.98 Å². The summed E-state index contributed by atoms with van der Waals surface area (Å²) in [6.07, 6.45) is 6.62. The minimum absolute atomic E-state index is 0.0934. The van der Waals surface area contributed by atoms with Crippen molar-refractivity contribution in [2.75, 3.05) is 25.1 Å². The second kappa shape index (κ2) is 10.2. The third-order valence-corrected chi connectivity index (χ3v) is 6.11. The third kappa shape index (κ3) is 5.88. The summed E-state index contributed by atoms with van der Waals surface area (Å²) in [4.78, 5) is 20.9. The van der Waals surface area contributed by atoms with E-state index in [-0.39, 0.29) is 18.9 Å². The Morgan fingerprint density at radius 1 is 1.18 bits per heavy atom. The molecule has 1 aromatic carbocycles. The van der Waals surface area contributed by atoms with Crippen LogP contribution in [0.1, 0.15) is 31.7 Å². The van der Waals surface area contributed by atoms with Gasteiger partial charge in [0.15, 0.2) is 0 Å². The van der Waals surface area contributed by atoms with Crippen molar-refractivity contribution in [1.82, 2.24) is 15.3 Å². The molecule has 34 heavy (non-hydrogen) atoms. The molecule has 0 atom stereocenters. The van der Waals surface area contributed by atoms with E-state index in [4.69, 9.17) is 9.84 Å². The van der Waals surface area contributed by atoms with Gasteiger partial charge in [0.1, 0.15) is 12.4 Å². The number of aliphatic hydroxyl groups excluding tert-OH is 1. The lowest BCUT2D eigenvalue weighted by Crippen LogP contribution is -2.30. The van der Waals surface area contributed by atoms with E-state index in [0.29, 0.717) is 29.1 Å². The fourth-order valence-electron chi connectivity index (χ4n) is 3.74. The highest BCUT2D eigenvalue weighted by Crippen LogP contribution is 2.47. The number of nitrogens with zero attached hydrogens (tertiary/aromatic N) is 2. The quantitative estimate of drug-likeness (QED) is 0.417. The molecule has 0 aliphatic heterocycles. The van der Waals surface area contributed by atoms with Gasteiger partial charge >= 0.3 is 6.03 Å². The number of rotatable bonds is 9. The third-order valence-electron chi connectivity index (χ3n) is 6.11. The maximum absolute atomic E-state index is 14.7. The highest BCUT2D eigenvalue weighted by atomic mass is 19.1. The van der Waals surface area contributed by atoms with Crippen LogP contribution in [0.3, 0.4) is 0 Å². The van der Waals surface area contributed by atoms with Crippen LogP contribution < -0.4 is 15.4 Å². The van der Waals surface area contributed by atoms with Gasteiger partial charge in [-0.15, -0.1) is 0 Å². The molecule has 1 saturated carbocycles. The summed E-state index contributed by atoms with van der Waals surface area (Å²) in [5.41, 5.74) is 4.09. The van der Waals surface area contributed by atoms with Gasteiger partial charge in [0.25, 0.3) is 0 Å². The normalized spacial score (nSPS) is 13.9. The smallest absolute Gasteiger partial charge is 0.319 e. The van der Waals surface area contributed by atoms with Gasteiger partial charge < -0.3 is 20.5 Å². The lowest BCUT2D eigenvalue weighted by molar-refractivity contribution is 0.197. The molecule has 0 saturated heterocycles. The standard InChI is InChI=1S/C26H29FN4O3/c1-17-13-21(27)23(31-25(33)29-10-7-26(2)5-6-26)16-20(17)19-14-22(18-3-8-28-9-4-18)30-24(15-19)34-12-11-32/h3-4,8-9,13-16,32H,5-7,10-12H2,1-2H3,(H2,29,31,33). The fraction of sp³-hybridized carbons (Fsp3) is 0.346. The van der Waals surface area contributed by atoms with Gasteiger partial charge in [-0.2, -0.15) is 0 Å². The van der Waals surface area contributed by atoms with E-state index in [2.05, 4.69) is 27.5 Å². The number of anilines is 1. The average Bonchev–Trinajstić information content (AvgIpc) is 3.56. The van der Waals surface area contributed by atoms with Crippen LogP contribution >= 0.6 is 0 Å². The number of aryl methyl sites for hydroxylation is 1. The van der Waals surface area contributed by atoms with Crippen LogP contribution in [-0.2, 0) is 0 Å². The molecule has 7 nitrogen and oxygen atoms in total. The van der Waals surface area contributed by atoms with E-state index in [1.165, 1.54) is 18.9 Å². The molecule has 2 amide bonds. The molecular formula is C26H29FN4O3. The Bertz CT molecular complexity index is 1170. The van der Waals surface area contributed by atoms with Crippen LogP contribution in [0.25, 0.3) is 22.4 Å². The zero-order valence-corrected chi connectivity index (χ0v) is 19.4. The second-order valence-corrected chi connectivity index (χ2v) is 8.98. The number of nitrogens with one attached hydrogen (secondary N) is 2. The Balaban J connectivity index is 1.61. The summed E-state index contributed by atoms with van der Waals surface area (Å²) >= 11 is 0. The molecule has 2 aromatic heterocycles. The predicted molar refractivity (Wildman–Crippen MR) is 129 cm³/mol. The molecule has 1 fully saturated rings.